The molecule has 0 saturated carbocycles. The van der Waals surface area contributed by atoms with Gasteiger partial charge in [0.25, 0.3) is 5.91 Å². The Morgan fingerprint density at radius 1 is 1.08 bits per heavy atom. The van der Waals surface area contributed by atoms with Gasteiger partial charge in [0.2, 0.25) is 0 Å². The van der Waals surface area contributed by atoms with E-state index in [-0.39, 0.29) is 5.91 Å². The smallest absolute Gasteiger partial charge is 0.329 e. The van der Waals surface area contributed by atoms with Gasteiger partial charge in [0, 0.05) is 16.3 Å². The number of halogens is 1. The molecule has 0 aromatic heterocycles. The Morgan fingerprint density at radius 3 is 2.46 bits per heavy atom. The van der Waals surface area contributed by atoms with Crippen molar-refractivity contribution in [2.45, 2.75) is 0 Å². The van der Waals surface area contributed by atoms with Crippen molar-refractivity contribution in [1.29, 1.82) is 0 Å². The lowest BCUT2D eigenvalue weighted by Gasteiger charge is -2.06. The fraction of sp³-hybridized carbons (Fsp3) is 0. The Hall–Kier alpha value is -3.19. The summed E-state index contributed by atoms with van der Waals surface area (Å²) in [5.41, 5.74) is 8.37. The second-order valence-electron chi connectivity index (χ2n) is 4.65. The SMILES string of the molecule is NC(=O)C(=O)N/N=C/c1cccc(NC(=O)c2ccc(Cl)cc2)c1. The minimum absolute atomic E-state index is 0.289. The first kappa shape index (κ1) is 17.2. The number of rotatable bonds is 4. The van der Waals surface area contributed by atoms with Crippen LogP contribution in [0.15, 0.2) is 53.6 Å². The van der Waals surface area contributed by atoms with Gasteiger partial charge in [-0.25, -0.2) is 5.43 Å². The molecule has 0 unspecified atom stereocenters. The molecule has 0 spiro atoms. The third-order valence-corrected chi connectivity index (χ3v) is 3.11. The highest BCUT2D eigenvalue weighted by Gasteiger charge is 2.07. The lowest BCUT2D eigenvalue weighted by molar-refractivity contribution is -0.137. The number of hydrogen-bond acceptors (Lipinski definition) is 4. The third kappa shape index (κ3) is 4.92. The first-order valence-electron chi connectivity index (χ1n) is 6.75. The summed E-state index contributed by atoms with van der Waals surface area (Å²) in [6.45, 7) is 0. The summed E-state index contributed by atoms with van der Waals surface area (Å²) in [7, 11) is 0. The predicted molar refractivity (Wildman–Crippen MR) is 90.8 cm³/mol. The van der Waals surface area contributed by atoms with Gasteiger partial charge in [0.05, 0.1) is 6.21 Å². The number of anilines is 1. The van der Waals surface area contributed by atoms with Crippen molar-refractivity contribution in [2.24, 2.45) is 10.8 Å². The van der Waals surface area contributed by atoms with Crippen LogP contribution in [0.4, 0.5) is 5.69 Å². The summed E-state index contributed by atoms with van der Waals surface area (Å²) in [5, 5.41) is 6.87. The van der Waals surface area contributed by atoms with E-state index in [0.29, 0.717) is 21.8 Å². The van der Waals surface area contributed by atoms with Crippen molar-refractivity contribution in [1.82, 2.24) is 5.43 Å². The first-order chi connectivity index (χ1) is 11.5. The summed E-state index contributed by atoms with van der Waals surface area (Å²) in [6, 6.07) is 13.2. The number of nitrogens with one attached hydrogen (secondary N) is 2. The maximum Gasteiger partial charge on any atom is 0.329 e. The van der Waals surface area contributed by atoms with Gasteiger partial charge in [-0.2, -0.15) is 5.10 Å². The minimum Gasteiger partial charge on any atom is -0.361 e. The second-order valence-corrected chi connectivity index (χ2v) is 5.09. The van der Waals surface area contributed by atoms with Crippen LogP contribution in [0, 0.1) is 0 Å². The van der Waals surface area contributed by atoms with Crippen LogP contribution in [0.3, 0.4) is 0 Å². The Labute approximate surface area is 142 Å². The van der Waals surface area contributed by atoms with Gasteiger partial charge in [-0.15, -0.1) is 0 Å². The normalized spacial score (nSPS) is 10.4. The molecule has 0 bridgehead atoms. The molecule has 2 rings (SSSR count). The average molecular weight is 345 g/mol. The van der Waals surface area contributed by atoms with E-state index in [4.69, 9.17) is 17.3 Å². The van der Waals surface area contributed by atoms with E-state index in [9.17, 15) is 14.4 Å². The lowest BCUT2D eigenvalue weighted by atomic mass is 10.2. The van der Waals surface area contributed by atoms with Crippen molar-refractivity contribution in [3.05, 3.63) is 64.7 Å². The van der Waals surface area contributed by atoms with Gasteiger partial charge in [0.15, 0.2) is 0 Å². The highest BCUT2D eigenvalue weighted by Crippen LogP contribution is 2.13. The van der Waals surface area contributed by atoms with Gasteiger partial charge in [-0.3, -0.25) is 14.4 Å². The zero-order valence-corrected chi connectivity index (χ0v) is 13.1. The van der Waals surface area contributed by atoms with Crippen LogP contribution in [0.1, 0.15) is 15.9 Å². The molecule has 0 heterocycles. The van der Waals surface area contributed by atoms with Crippen LogP contribution in [0.5, 0.6) is 0 Å². The van der Waals surface area contributed by atoms with E-state index in [0.717, 1.165) is 0 Å². The summed E-state index contributed by atoms with van der Waals surface area (Å²) >= 11 is 5.78. The molecule has 2 aromatic carbocycles. The molecule has 0 aliphatic rings. The molecule has 2 aromatic rings. The fourth-order valence-corrected chi connectivity index (χ4v) is 1.85. The molecule has 8 heteroatoms. The number of carbonyl (C=O) groups is 3. The van der Waals surface area contributed by atoms with Gasteiger partial charge >= 0.3 is 11.8 Å². The largest absolute Gasteiger partial charge is 0.361 e. The third-order valence-electron chi connectivity index (χ3n) is 2.85. The molecular formula is C16H13ClN4O3. The van der Waals surface area contributed by atoms with Gasteiger partial charge in [0.1, 0.15) is 0 Å². The van der Waals surface area contributed by atoms with E-state index in [1.807, 2.05) is 5.43 Å². The maximum absolute atomic E-state index is 12.1. The highest BCUT2D eigenvalue weighted by molar-refractivity contribution is 6.34. The molecule has 0 fully saturated rings. The molecule has 0 saturated heterocycles. The van der Waals surface area contributed by atoms with Crippen LogP contribution in [0.2, 0.25) is 5.02 Å². The number of nitrogens with two attached hydrogens (primary N) is 1. The number of benzene rings is 2. The van der Waals surface area contributed by atoms with E-state index in [1.54, 1.807) is 48.5 Å². The number of hydrazone groups is 1. The van der Waals surface area contributed by atoms with Gasteiger partial charge < -0.3 is 11.1 Å². The number of carbonyl (C=O) groups excluding carboxylic acids is 3. The average Bonchev–Trinajstić information content (AvgIpc) is 2.55. The number of hydrogen-bond donors (Lipinski definition) is 3. The molecule has 0 radical (unpaired) electrons. The van der Waals surface area contributed by atoms with E-state index >= 15 is 0 Å². The Morgan fingerprint density at radius 2 is 1.79 bits per heavy atom. The maximum atomic E-state index is 12.1. The number of primary amides is 1. The Balaban J connectivity index is 2.03. The lowest BCUT2D eigenvalue weighted by Crippen LogP contribution is -2.32. The molecular weight excluding hydrogens is 332 g/mol. The summed E-state index contributed by atoms with van der Waals surface area (Å²) in [6.07, 6.45) is 1.32. The van der Waals surface area contributed by atoms with Crippen LogP contribution >= 0.6 is 11.6 Å². The summed E-state index contributed by atoms with van der Waals surface area (Å²) < 4.78 is 0. The molecule has 7 nitrogen and oxygen atoms in total. The molecule has 0 atom stereocenters. The van der Waals surface area contributed by atoms with Crippen molar-refractivity contribution in [2.75, 3.05) is 5.32 Å². The molecule has 122 valence electrons. The minimum atomic E-state index is -1.13. The molecule has 0 aliphatic heterocycles. The van der Waals surface area contributed by atoms with Crippen LogP contribution in [-0.2, 0) is 9.59 Å². The molecule has 0 aliphatic carbocycles. The Bertz CT molecular complexity index is 803. The second kappa shape index (κ2) is 7.89. The fourth-order valence-electron chi connectivity index (χ4n) is 1.72. The van der Waals surface area contributed by atoms with Crippen LogP contribution in [-0.4, -0.2) is 23.9 Å². The topological polar surface area (TPSA) is 114 Å². The van der Waals surface area contributed by atoms with E-state index < -0.39 is 11.8 Å². The zero-order valence-electron chi connectivity index (χ0n) is 12.3. The van der Waals surface area contributed by atoms with Crippen LogP contribution in [0.25, 0.3) is 0 Å². The van der Waals surface area contributed by atoms with Gasteiger partial charge in [-0.1, -0.05) is 23.7 Å². The predicted octanol–water partition coefficient (Wildman–Crippen LogP) is 1.53. The summed E-state index contributed by atoms with van der Waals surface area (Å²) in [5.74, 6) is -2.43. The Kier molecular flexibility index (Phi) is 5.64. The number of amides is 3. The van der Waals surface area contributed by atoms with Crippen molar-refractivity contribution >= 4 is 41.2 Å². The standard InChI is InChI=1S/C16H13ClN4O3/c17-12-6-4-11(5-7-12)15(23)20-13-3-1-2-10(8-13)9-19-21-16(24)14(18)22/h1-9H,(H2,18,22)(H,20,23)(H,21,24)/b19-9+. The monoisotopic (exact) mass is 344 g/mol. The van der Waals surface area contributed by atoms with E-state index in [2.05, 4.69) is 10.4 Å². The zero-order chi connectivity index (χ0) is 17.5. The molecule has 24 heavy (non-hydrogen) atoms. The van der Waals surface area contributed by atoms with Crippen molar-refractivity contribution in [3.63, 3.8) is 0 Å². The van der Waals surface area contributed by atoms with Crippen molar-refractivity contribution < 1.29 is 14.4 Å². The van der Waals surface area contributed by atoms with Gasteiger partial charge in [-0.05, 0) is 42.0 Å². The first-order valence-corrected chi connectivity index (χ1v) is 7.13. The molecule has 3 amide bonds. The van der Waals surface area contributed by atoms with E-state index in [1.165, 1.54) is 6.21 Å². The highest BCUT2D eigenvalue weighted by atomic mass is 35.5. The van der Waals surface area contributed by atoms with Crippen LogP contribution < -0.4 is 16.5 Å². The van der Waals surface area contributed by atoms with Crippen molar-refractivity contribution in [3.8, 4) is 0 Å². The number of nitrogens with zero attached hydrogens (tertiary/aromatic N) is 1. The molecule has 4 N–H and O–H groups in total. The quantitative estimate of drug-likeness (QED) is 0.444. The summed E-state index contributed by atoms with van der Waals surface area (Å²) in [4.78, 5) is 33.6.